The summed E-state index contributed by atoms with van der Waals surface area (Å²) in [5.41, 5.74) is 10.0. The molecule has 0 heterocycles. The number of benzene rings is 2. The van der Waals surface area contributed by atoms with Crippen LogP contribution in [0.4, 0.5) is 0 Å². The lowest BCUT2D eigenvalue weighted by Crippen LogP contribution is -2.14. The molecule has 110 valence electrons. The van der Waals surface area contributed by atoms with Crippen LogP contribution < -0.4 is 5.73 Å². The van der Waals surface area contributed by atoms with E-state index in [0.29, 0.717) is 10.0 Å². The number of nitrogens with two attached hydrogens (primary N) is 1. The molecule has 0 spiro atoms. The smallest absolute Gasteiger partial charge is 0.0595 e. The summed E-state index contributed by atoms with van der Waals surface area (Å²) in [7, 11) is 0. The molecular formula is C18H19Cl2N. The van der Waals surface area contributed by atoms with Crippen LogP contribution in [-0.4, -0.2) is 0 Å². The summed E-state index contributed by atoms with van der Waals surface area (Å²) in [5.74, 6) is 0.769. The van der Waals surface area contributed by atoms with Gasteiger partial charge in [-0.3, -0.25) is 0 Å². The largest absolute Gasteiger partial charge is 0.324 e. The number of halogens is 2. The fourth-order valence-corrected chi connectivity index (χ4v) is 3.12. The zero-order chi connectivity index (χ0) is 14.8. The van der Waals surface area contributed by atoms with Gasteiger partial charge in [0.25, 0.3) is 0 Å². The molecule has 1 aliphatic rings. The molecule has 1 nitrogen and oxygen atoms in total. The zero-order valence-electron chi connectivity index (χ0n) is 11.9. The minimum Gasteiger partial charge on any atom is -0.324 e. The average molecular weight is 320 g/mol. The molecule has 0 radical (unpaired) electrons. The second kappa shape index (κ2) is 6.39. The molecule has 2 aromatic carbocycles. The van der Waals surface area contributed by atoms with Crippen molar-refractivity contribution in [2.45, 2.75) is 37.6 Å². The quantitative estimate of drug-likeness (QED) is 0.790. The van der Waals surface area contributed by atoms with Gasteiger partial charge in [0.15, 0.2) is 0 Å². The van der Waals surface area contributed by atoms with Crippen LogP contribution in [0.25, 0.3) is 0 Å². The summed E-state index contributed by atoms with van der Waals surface area (Å²) in [4.78, 5) is 0. The summed E-state index contributed by atoms with van der Waals surface area (Å²) < 4.78 is 0. The van der Waals surface area contributed by atoms with Gasteiger partial charge in [-0.1, -0.05) is 60.0 Å². The van der Waals surface area contributed by atoms with Gasteiger partial charge in [0.05, 0.1) is 10.0 Å². The Hall–Kier alpha value is -1.02. The highest BCUT2D eigenvalue weighted by molar-refractivity contribution is 6.42. The minimum absolute atomic E-state index is 0.0160. The summed E-state index contributed by atoms with van der Waals surface area (Å²) in [6.45, 7) is 0. The van der Waals surface area contributed by atoms with Gasteiger partial charge in [-0.25, -0.2) is 0 Å². The molecule has 0 aromatic heterocycles. The Kier molecular flexibility index (Phi) is 4.54. The molecule has 2 aromatic rings. The Morgan fingerprint density at radius 1 is 1.00 bits per heavy atom. The molecule has 1 saturated carbocycles. The van der Waals surface area contributed by atoms with Crippen LogP contribution in [0.5, 0.6) is 0 Å². The fraction of sp³-hybridized carbons (Fsp3) is 0.333. The van der Waals surface area contributed by atoms with Crippen molar-refractivity contribution in [1.82, 2.24) is 0 Å². The molecule has 0 saturated heterocycles. The second-order valence-electron chi connectivity index (χ2n) is 5.85. The molecule has 0 aliphatic heterocycles. The summed E-state index contributed by atoms with van der Waals surface area (Å²) in [6.07, 6.45) is 4.78. The van der Waals surface area contributed by atoms with Crippen LogP contribution in [0.3, 0.4) is 0 Å². The third kappa shape index (κ3) is 3.42. The molecule has 3 rings (SSSR count). The second-order valence-corrected chi connectivity index (χ2v) is 6.67. The van der Waals surface area contributed by atoms with Crippen LogP contribution in [0.2, 0.25) is 10.0 Å². The van der Waals surface area contributed by atoms with Gasteiger partial charge in [-0.2, -0.15) is 0 Å². The first-order chi connectivity index (χ1) is 10.1. The van der Waals surface area contributed by atoms with E-state index in [1.807, 2.05) is 18.2 Å². The standard InChI is InChI=1S/C18H19Cl2N/c19-16-9-4-12(10-17(16)20)11-18(21)15-7-5-14(6-8-15)13-2-1-3-13/h4-10,13,18H,1-3,11,21H2. The molecule has 1 unspecified atom stereocenters. The molecule has 1 fully saturated rings. The van der Waals surface area contributed by atoms with Gasteiger partial charge >= 0.3 is 0 Å². The first kappa shape index (κ1) is 14.9. The lowest BCUT2D eigenvalue weighted by atomic mass is 9.80. The molecule has 1 atom stereocenters. The van der Waals surface area contributed by atoms with E-state index in [-0.39, 0.29) is 6.04 Å². The van der Waals surface area contributed by atoms with Gasteiger partial charge in [0, 0.05) is 6.04 Å². The summed E-state index contributed by atoms with van der Waals surface area (Å²) in [5, 5.41) is 1.17. The Morgan fingerprint density at radius 2 is 1.71 bits per heavy atom. The van der Waals surface area contributed by atoms with E-state index in [2.05, 4.69) is 24.3 Å². The predicted octanol–water partition coefficient (Wildman–Crippen LogP) is 5.50. The summed E-state index contributed by atoms with van der Waals surface area (Å²) in [6, 6.07) is 14.5. The van der Waals surface area contributed by atoms with Crippen molar-refractivity contribution in [1.29, 1.82) is 0 Å². The molecular weight excluding hydrogens is 301 g/mol. The van der Waals surface area contributed by atoms with E-state index in [1.165, 1.54) is 30.4 Å². The van der Waals surface area contributed by atoms with Gasteiger partial charge in [0.2, 0.25) is 0 Å². The number of hydrogen-bond donors (Lipinski definition) is 1. The van der Waals surface area contributed by atoms with Crippen LogP contribution >= 0.6 is 23.2 Å². The number of hydrogen-bond acceptors (Lipinski definition) is 1. The minimum atomic E-state index is -0.0160. The molecule has 0 amide bonds. The van der Waals surface area contributed by atoms with Gasteiger partial charge < -0.3 is 5.73 Å². The number of rotatable bonds is 4. The maximum atomic E-state index is 6.31. The van der Waals surface area contributed by atoms with Gasteiger partial charge in [-0.15, -0.1) is 0 Å². The highest BCUT2D eigenvalue weighted by Gasteiger charge is 2.19. The van der Waals surface area contributed by atoms with Crippen molar-refractivity contribution >= 4 is 23.2 Å². The molecule has 0 bridgehead atoms. The predicted molar refractivity (Wildman–Crippen MR) is 90.1 cm³/mol. The third-order valence-corrected chi connectivity index (χ3v) is 5.12. The Balaban J connectivity index is 1.69. The maximum absolute atomic E-state index is 6.31. The van der Waals surface area contributed by atoms with Crippen LogP contribution in [0.15, 0.2) is 42.5 Å². The van der Waals surface area contributed by atoms with E-state index in [1.54, 1.807) is 0 Å². The topological polar surface area (TPSA) is 26.0 Å². The lowest BCUT2D eigenvalue weighted by molar-refractivity contribution is 0.419. The van der Waals surface area contributed by atoms with Crippen molar-refractivity contribution < 1.29 is 0 Å². The highest BCUT2D eigenvalue weighted by atomic mass is 35.5. The maximum Gasteiger partial charge on any atom is 0.0595 e. The lowest BCUT2D eigenvalue weighted by Gasteiger charge is -2.26. The van der Waals surface area contributed by atoms with E-state index in [4.69, 9.17) is 28.9 Å². The van der Waals surface area contributed by atoms with Crippen molar-refractivity contribution in [3.8, 4) is 0 Å². The van der Waals surface area contributed by atoms with Crippen LogP contribution in [0.1, 0.15) is 47.9 Å². The first-order valence-corrected chi connectivity index (χ1v) is 8.18. The fourth-order valence-electron chi connectivity index (χ4n) is 2.80. The first-order valence-electron chi connectivity index (χ1n) is 7.43. The van der Waals surface area contributed by atoms with E-state index in [9.17, 15) is 0 Å². The summed E-state index contributed by atoms with van der Waals surface area (Å²) >= 11 is 12.0. The molecule has 2 N–H and O–H groups in total. The normalized spacial score (nSPS) is 16.5. The third-order valence-electron chi connectivity index (χ3n) is 4.38. The van der Waals surface area contributed by atoms with Gasteiger partial charge in [-0.05, 0) is 54.0 Å². The van der Waals surface area contributed by atoms with Crippen molar-refractivity contribution in [3.63, 3.8) is 0 Å². The zero-order valence-corrected chi connectivity index (χ0v) is 13.4. The Morgan fingerprint density at radius 3 is 2.29 bits per heavy atom. The van der Waals surface area contributed by atoms with E-state index in [0.717, 1.165) is 17.9 Å². The van der Waals surface area contributed by atoms with E-state index < -0.39 is 0 Å². The van der Waals surface area contributed by atoms with Gasteiger partial charge in [0.1, 0.15) is 0 Å². The molecule has 1 aliphatic carbocycles. The Labute approximate surface area is 136 Å². The van der Waals surface area contributed by atoms with Crippen molar-refractivity contribution in [2.24, 2.45) is 5.73 Å². The molecule has 3 heteroatoms. The van der Waals surface area contributed by atoms with Crippen LogP contribution in [0, 0.1) is 0 Å². The van der Waals surface area contributed by atoms with Crippen LogP contribution in [-0.2, 0) is 6.42 Å². The van der Waals surface area contributed by atoms with E-state index >= 15 is 0 Å². The van der Waals surface area contributed by atoms with Crippen molar-refractivity contribution in [3.05, 3.63) is 69.2 Å². The van der Waals surface area contributed by atoms with Crippen molar-refractivity contribution in [2.75, 3.05) is 0 Å². The average Bonchev–Trinajstić information content (AvgIpc) is 2.42. The monoisotopic (exact) mass is 319 g/mol. The SMILES string of the molecule is NC(Cc1ccc(Cl)c(Cl)c1)c1ccc(C2CCC2)cc1. The highest BCUT2D eigenvalue weighted by Crippen LogP contribution is 2.36. The molecule has 21 heavy (non-hydrogen) atoms. The Bertz CT molecular complexity index is 618.